The van der Waals surface area contributed by atoms with E-state index >= 15 is 0 Å². The Morgan fingerprint density at radius 1 is 0.962 bits per heavy atom. The summed E-state index contributed by atoms with van der Waals surface area (Å²) in [5.74, 6) is 0. The molecule has 0 saturated carbocycles. The molecule has 0 amide bonds. The zero-order valence-corrected chi connectivity index (χ0v) is 17.2. The zero-order chi connectivity index (χ0) is 18.7. The van der Waals surface area contributed by atoms with E-state index in [1.807, 2.05) is 70.2 Å². The normalized spacial score (nSPS) is 12.4. The maximum atomic E-state index is 13.0. The number of hydrogen-bond donors (Lipinski definition) is 0. The zero-order valence-electron chi connectivity index (χ0n) is 15.5. The van der Waals surface area contributed by atoms with Crippen molar-refractivity contribution in [2.24, 2.45) is 0 Å². The van der Waals surface area contributed by atoms with Gasteiger partial charge in [-0.1, -0.05) is 36.4 Å². The topological polar surface area (TPSA) is 48.4 Å². The molecule has 0 bridgehead atoms. The molecule has 0 unspecified atom stereocenters. The van der Waals surface area contributed by atoms with Crippen molar-refractivity contribution >= 4 is 29.1 Å². The molecule has 0 atom stereocenters. The molecule has 6 heteroatoms. The van der Waals surface area contributed by atoms with Gasteiger partial charge < -0.3 is 9.05 Å². The molecule has 1 aromatic heterocycles. The lowest BCUT2D eigenvalue weighted by Gasteiger charge is -2.22. The minimum atomic E-state index is -3.18. The van der Waals surface area contributed by atoms with Crippen LogP contribution in [0.25, 0.3) is 20.8 Å². The van der Waals surface area contributed by atoms with Gasteiger partial charge >= 0.3 is 7.60 Å². The Morgan fingerprint density at radius 3 is 2.15 bits per heavy atom. The summed E-state index contributed by atoms with van der Waals surface area (Å²) in [5, 5.41) is 0.984. The predicted molar refractivity (Wildman–Crippen MR) is 109 cm³/mol. The SMILES string of the molecule is CC(C)OP(=O)(Cc1ccc(-c2nc3ccccc3s2)cc1)OC(C)C. The van der Waals surface area contributed by atoms with Crippen molar-refractivity contribution in [1.82, 2.24) is 4.98 Å². The number of benzene rings is 2. The Bertz CT molecular complexity index is 871. The second kappa shape index (κ2) is 8.01. The van der Waals surface area contributed by atoms with Crippen LogP contribution in [0.5, 0.6) is 0 Å². The smallest absolute Gasteiger partial charge is 0.306 e. The second-order valence-electron chi connectivity index (χ2n) is 6.76. The molecule has 2 aromatic carbocycles. The van der Waals surface area contributed by atoms with Crippen LogP contribution in [0.4, 0.5) is 0 Å². The fourth-order valence-electron chi connectivity index (χ4n) is 2.71. The van der Waals surface area contributed by atoms with Crippen molar-refractivity contribution in [3.05, 3.63) is 54.1 Å². The summed E-state index contributed by atoms with van der Waals surface area (Å²) in [7, 11) is -3.18. The molecule has 0 aliphatic carbocycles. The van der Waals surface area contributed by atoms with Gasteiger partial charge in [-0.25, -0.2) is 4.98 Å². The van der Waals surface area contributed by atoms with Crippen LogP contribution >= 0.6 is 18.9 Å². The van der Waals surface area contributed by atoms with E-state index in [1.165, 1.54) is 4.70 Å². The number of thiazole rings is 1. The van der Waals surface area contributed by atoms with E-state index in [9.17, 15) is 4.57 Å². The van der Waals surface area contributed by atoms with Gasteiger partial charge in [0.15, 0.2) is 0 Å². The third-order valence-corrected chi connectivity index (χ3v) is 6.94. The molecular weight excluding hydrogens is 365 g/mol. The Balaban J connectivity index is 1.80. The molecule has 0 saturated heterocycles. The van der Waals surface area contributed by atoms with E-state index in [4.69, 9.17) is 9.05 Å². The molecule has 4 nitrogen and oxygen atoms in total. The van der Waals surface area contributed by atoms with Crippen LogP contribution < -0.4 is 0 Å². The summed E-state index contributed by atoms with van der Waals surface area (Å²) in [5.41, 5.74) is 3.00. The third kappa shape index (κ3) is 4.80. The third-order valence-electron chi connectivity index (χ3n) is 3.61. The summed E-state index contributed by atoms with van der Waals surface area (Å²) in [6, 6.07) is 16.1. The quantitative estimate of drug-likeness (QED) is 0.432. The summed E-state index contributed by atoms with van der Waals surface area (Å²) in [6.07, 6.45) is -0.0352. The highest BCUT2D eigenvalue weighted by atomic mass is 32.1. The van der Waals surface area contributed by atoms with E-state index in [-0.39, 0.29) is 18.4 Å². The fraction of sp³-hybridized carbons (Fsp3) is 0.350. The van der Waals surface area contributed by atoms with Gasteiger partial charge in [0.2, 0.25) is 0 Å². The number of para-hydroxylation sites is 1. The lowest BCUT2D eigenvalue weighted by molar-refractivity contribution is 0.141. The van der Waals surface area contributed by atoms with Crippen molar-refractivity contribution in [2.45, 2.75) is 46.1 Å². The number of fused-ring (bicyclic) bond motifs is 1. The molecule has 1 heterocycles. The van der Waals surface area contributed by atoms with Crippen LogP contribution in [-0.4, -0.2) is 17.2 Å². The standard InChI is InChI=1S/C20H24NO3PS/c1-14(2)23-25(22,24-15(3)4)13-16-9-11-17(12-10-16)20-21-18-7-5-6-8-19(18)26-20/h5-12,14-15H,13H2,1-4H3. The fourth-order valence-corrected chi connectivity index (χ4v) is 5.83. The molecule has 0 aliphatic rings. The first-order valence-electron chi connectivity index (χ1n) is 8.75. The van der Waals surface area contributed by atoms with Crippen molar-refractivity contribution in [3.63, 3.8) is 0 Å². The molecule has 0 radical (unpaired) electrons. The highest BCUT2D eigenvalue weighted by Gasteiger charge is 2.28. The van der Waals surface area contributed by atoms with Crippen LogP contribution in [-0.2, 0) is 19.8 Å². The first-order chi connectivity index (χ1) is 12.3. The highest BCUT2D eigenvalue weighted by Crippen LogP contribution is 2.53. The predicted octanol–water partition coefficient (Wildman–Crippen LogP) is 6.51. The van der Waals surface area contributed by atoms with Crippen molar-refractivity contribution < 1.29 is 13.6 Å². The molecule has 0 aliphatic heterocycles. The minimum absolute atomic E-state index is 0.151. The van der Waals surface area contributed by atoms with E-state index in [2.05, 4.69) is 11.1 Å². The molecule has 3 aromatic rings. The Labute approximate surface area is 158 Å². The minimum Gasteiger partial charge on any atom is -0.306 e. The van der Waals surface area contributed by atoms with Gasteiger partial charge in [-0.15, -0.1) is 11.3 Å². The van der Waals surface area contributed by atoms with Gasteiger partial charge in [0.1, 0.15) is 5.01 Å². The maximum Gasteiger partial charge on any atom is 0.335 e. The first kappa shape index (κ1) is 19.2. The molecule has 0 N–H and O–H groups in total. The molecule has 138 valence electrons. The van der Waals surface area contributed by atoms with Crippen LogP contribution in [0.15, 0.2) is 48.5 Å². The van der Waals surface area contributed by atoms with Crippen molar-refractivity contribution in [1.29, 1.82) is 0 Å². The molecule has 0 spiro atoms. The van der Waals surface area contributed by atoms with Gasteiger partial charge in [0, 0.05) is 5.56 Å². The molecule has 0 fully saturated rings. The van der Waals surface area contributed by atoms with Crippen molar-refractivity contribution in [3.8, 4) is 10.6 Å². The lowest BCUT2D eigenvalue weighted by atomic mass is 10.2. The molecule has 3 rings (SSSR count). The monoisotopic (exact) mass is 389 g/mol. The van der Waals surface area contributed by atoms with Crippen LogP contribution in [0.3, 0.4) is 0 Å². The lowest BCUT2D eigenvalue weighted by Crippen LogP contribution is -2.09. The van der Waals surface area contributed by atoms with Crippen LogP contribution in [0, 0.1) is 0 Å². The summed E-state index contributed by atoms with van der Waals surface area (Å²) < 4.78 is 25.5. The van der Waals surface area contributed by atoms with E-state index in [0.29, 0.717) is 0 Å². The van der Waals surface area contributed by atoms with E-state index in [0.717, 1.165) is 21.7 Å². The van der Waals surface area contributed by atoms with E-state index in [1.54, 1.807) is 11.3 Å². The highest BCUT2D eigenvalue weighted by molar-refractivity contribution is 7.53. The maximum absolute atomic E-state index is 13.0. The van der Waals surface area contributed by atoms with E-state index < -0.39 is 7.60 Å². The summed E-state index contributed by atoms with van der Waals surface area (Å²) in [6.45, 7) is 7.47. The Kier molecular flexibility index (Phi) is 5.93. The van der Waals surface area contributed by atoms with Gasteiger partial charge in [0.25, 0.3) is 0 Å². The molecule has 26 heavy (non-hydrogen) atoms. The van der Waals surface area contributed by atoms with Gasteiger partial charge in [-0.2, -0.15) is 0 Å². The van der Waals surface area contributed by atoms with Crippen LogP contribution in [0.1, 0.15) is 33.3 Å². The Hall–Kier alpha value is -1.52. The summed E-state index contributed by atoms with van der Waals surface area (Å²) >= 11 is 1.67. The van der Waals surface area contributed by atoms with Crippen LogP contribution in [0.2, 0.25) is 0 Å². The van der Waals surface area contributed by atoms with Gasteiger partial charge in [-0.3, -0.25) is 4.57 Å². The largest absolute Gasteiger partial charge is 0.335 e. The summed E-state index contributed by atoms with van der Waals surface area (Å²) in [4.78, 5) is 4.68. The number of nitrogens with zero attached hydrogens (tertiary/aromatic N) is 1. The number of aromatic nitrogens is 1. The number of rotatable bonds is 7. The average molecular weight is 389 g/mol. The van der Waals surface area contributed by atoms with Gasteiger partial charge in [-0.05, 0) is 45.4 Å². The average Bonchev–Trinajstić information content (AvgIpc) is 2.97. The number of hydrogen-bond acceptors (Lipinski definition) is 5. The Morgan fingerprint density at radius 2 is 1.58 bits per heavy atom. The molecular formula is C20H24NO3PS. The second-order valence-corrected chi connectivity index (χ2v) is 9.75. The first-order valence-corrected chi connectivity index (χ1v) is 11.3. The van der Waals surface area contributed by atoms with Crippen molar-refractivity contribution in [2.75, 3.05) is 0 Å². The van der Waals surface area contributed by atoms with Gasteiger partial charge in [0.05, 0.1) is 28.6 Å².